The van der Waals surface area contributed by atoms with Crippen LogP contribution in [0.15, 0.2) is 29.2 Å². The van der Waals surface area contributed by atoms with Crippen molar-refractivity contribution < 1.29 is 23.1 Å². The van der Waals surface area contributed by atoms with E-state index in [-0.39, 0.29) is 11.4 Å². The standard InChI is InChI=1S/C21H34N2O5S/c1-16-9-11-17(12-10-16)29(26,27)23-20(5,21(25)13-7-6-8-14-21)15-22-18(24)28-19(2,3)4/h9-12,23,25H,6-8,13-15H2,1-5H3,(H,22,24). The van der Waals surface area contributed by atoms with Crippen molar-refractivity contribution in [2.45, 2.75) is 88.4 Å². The summed E-state index contributed by atoms with van der Waals surface area (Å²) in [4.78, 5) is 12.3. The summed E-state index contributed by atoms with van der Waals surface area (Å²) in [7, 11) is -3.91. The maximum absolute atomic E-state index is 13.1. The lowest BCUT2D eigenvalue weighted by atomic mass is 9.72. The number of nitrogens with one attached hydrogen (secondary N) is 2. The maximum Gasteiger partial charge on any atom is 0.407 e. The molecule has 0 radical (unpaired) electrons. The number of hydrogen-bond donors (Lipinski definition) is 3. The Morgan fingerprint density at radius 2 is 1.66 bits per heavy atom. The predicted molar refractivity (Wildman–Crippen MR) is 112 cm³/mol. The van der Waals surface area contributed by atoms with Crippen LogP contribution in [0.5, 0.6) is 0 Å². The maximum atomic E-state index is 13.1. The highest BCUT2D eigenvalue weighted by Gasteiger charge is 2.50. The Hall–Kier alpha value is -1.64. The number of alkyl carbamates (subject to hydrolysis) is 1. The fraction of sp³-hybridized carbons (Fsp3) is 0.667. The quantitative estimate of drug-likeness (QED) is 0.648. The fourth-order valence-corrected chi connectivity index (χ4v) is 5.09. The molecular weight excluding hydrogens is 392 g/mol. The first kappa shape index (κ1) is 23.6. The Bertz CT molecular complexity index is 808. The molecule has 1 aliphatic rings. The molecule has 7 nitrogen and oxygen atoms in total. The van der Waals surface area contributed by atoms with Gasteiger partial charge in [0.25, 0.3) is 0 Å². The van der Waals surface area contributed by atoms with Crippen LogP contribution in [0.2, 0.25) is 0 Å². The summed E-state index contributed by atoms with van der Waals surface area (Å²) in [5.41, 5.74) is -2.31. The number of carbonyl (C=O) groups is 1. The molecule has 0 heterocycles. The SMILES string of the molecule is Cc1ccc(S(=O)(=O)NC(C)(CNC(=O)OC(C)(C)C)C2(O)CCCCC2)cc1. The number of rotatable bonds is 6. The van der Waals surface area contributed by atoms with Crippen molar-refractivity contribution in [1.82, 2.24) is 10.0 Å². The minimum Gasteiger partial charge on any atom is -0.444 e. The summed E-state index contributed by atoms with van der Waals surface area (Å²) in [6.07, 6.45) is 2.84. The van der Waals surface area contributed by atoms with E-state index in [2.05, 4.69) is 10.0 Å². The molecule has 0 bridgehead atoms. The van der Waals surface area contributed by atoms with Crippen molar-refractivity contribution in [3.05, 3.63) is 29.8 Å². The topological polar surface area (TPSA) is 105 Å². The van der Waals surface area contributed by atoms with Crippen LogP contribution < -0.4 is 10.0 Å². The van der Waals surface area contributed by atoms with Gasteiger partial charge in [-0.1, -0.05) is 37.0 Å². The van der Waals surface area contributed by atoms with E-state index in [1.807, 2.05) is 6.92 Å². The molecule has 0 aliphatic heterocycles. The number of sulfonamides is 1. The molecule has 3 N–H and O–H groups in total. The lowest BCUT2D eigenvalue weighted by Gasteiger charge is -2.47. The lowest BCUT2D eigenvalue weighted by molar-refractivity contribution is -0.0640. The van der Waals surface area contributed by atoms with Gasteiger partial charge in [-0.25, -0.2) is 17.9 Å². The zero-order chi connectivity index (χ0) is 21.9. The van der Waals surface area contributed by atoms with Crippen LogP contribution in [0, 0.1) is 6.92 Å². The largest absolute Gasteiger partial charge is 0.444 e. The summed E-state index contributed by atoms with van der Waals surface area (Å²) in [5.74, 6) is 0. The molecule has 29 heavy (non-hydrogen) atoms. The molecule has 0 aromatic heterocycles. The van der Waals surface area contributed by atoms with Crippen LogP contribution >= 0.6 is 0 Å². The van der Waals surface area contributed by atoms with Crippen molar-refractivity contribution in [2.24, 2.45) is 0 Å². The Kier molecular flexibility index (Phi) is 7.02. The predicted octanol–water partition coefficient (Wildman–Crippen LogP) is 3.25. The minimum absolute atomic E-state index is 0.0937. The van der Waals surface area contributed by atoms with E-state index in [0.29, 0.717) is 12.8 Å². The zero-order valence-corrected chi connectivity index (χ0v) is 18.9. The molecule has 1 unspecified atom stereocenters. The van der Waals surface area contributed by atoms with Crippen LogP contribution in [-0.2, 0) is 14.8 Å². The third-order valence-electron chi connectivity index (χ3n) is 5.38. The molecule has 0 saturated heterocycles. The van der Waals surface area contributed by atoms with Crippen molar-refractivity contribution in [2.75, 3.05) is 6.54 Å². The van der Waals surface area contributed by atoms with Crippen molar-refractivity contribution in [3.8, 4) is 0 Å². The van der Waals surface area contributed by atoms with Crippen molar-refractivity contribution in [3.63, 3.8) is 0 Å². The van der Waals surface area contributed by atoms with E-state index >= 15 is 0 Å². The second kappa shape index (κ2) is 8.62. The van der Waals surface area contributed by atoms with Crippen molar-refractivity contribution >= 4 is 16.1 Å². The molecule has 1 atom stereocenters. The third-order valence-corrected chi connectivity index (χ3v) is 7.00. The molecule has 1 saturated carbocycles. The summed E-state index contributed by atoms with van der Waals surface area (Å²) < 4.78 is 34.1. The summed E-state index contributed by atoms with van der Waals surface area (Å²) in [5, 5.41) is 14.0. The van der Waals surface area contributed by atoms with E-state index < -0.39 is 32.9 Å². The van der Waals surface area contributed by atoms with Crippen LogP contribution in [-0.4, -0.2) is 42.9 Å². The summed E-state index contributed by atoms with van der Waals surface area (Å²) in [6, 6.07) is 6.51. The van der Waals surface area contributed by atoms with E-state index in [1.54, 1.807) is 39.8 Å². The van der Waals surface area contributed by atoms with Gasteiger partial charge in [0.1, 0.15) is 5.60 Å². The first-order valence-corrected chi connectivity index (χ1v) is 11.5. The van der Waals surface area contributed by atoms with Gasteiger partial charge in [-0.05, 0) is 59.6 Å². The normalized spacial score (nSPS) is 19.2. The molecule has 2 rings (SSSR count). The average Bonchev–Trinajstić information content (AvgIpc) is 2.59. The van der Waals surface area contributed by atoms with E-state index in [1.165, 1.54) is 12.1 Å². The van der Waals surface area contributed by atoms with Gasteiger partial charge in [-0.15, -0.1) is 0 Å². The van der Waals surface area contributed by atoms with Gasteiger partial charge in [-0.3, -0.25) is 0 Å². The van der Waals surface area contributed by atoms with Crippen LogP contribution in [0.25, 0.3) is 0 Å². The number of carbonyl (C=O) groups excluding carboxylic acids is 1. The highest BCUT2D eigenvalue weighted by Crippen LogP contribution is 2.37. The second-order valence-corrected chi connectivity index (χ2v) is 10.9. The van der Waals surface area contributed by atoms with Gasteiger partial charge in [0.2, 0.25) is 10.0 Å². The molecule has 8 heteroatoms. The van der Waals surface area contributed by atoms with Gasteiger partial charge >= 0.3 is 6.09 Å². The smallest absolute Gasteiger partial charge is 0.407 e. The fourth-order valence-electron chi connectivity index (χ4n) is 3.62. The van der Waals surface area contributed by atoms with Crippen molar-refractivity contribution in [1.29, 1.82) is 0 Å². The van der Waals surface area contributed by atoms with Gasteiger partial charge in [0, 0.05) is 6.54 Å². The first-order valence-electron chi connectivity index (χ1n) is 10.1. The monoisotopic (exact) mass is 426 g/mol. The molecule has 1 aromatic rings. The first-order chi connectivity index (χ1) is 13.3. The van der Waals surface area contributed by atoms with Crippen LogP contribution in [0.1, 0.15) is 65.4 Å². The number of amides is 1. The highest BCUT2D eigenvalue weighted by atomic mass is 32.2. The molecule has 1 amide bonds. The van der Waals surface area contributed by atoms with E-state index in [9.17, 15) is 18.3 Å². The van der Waals surface area contributed by atoms with Gasteiger partial charge in [-0.2, -0.15) is 0 Å². The van der Waals surface area contributed by atoms with Gasteiger partial charge in [0.15, 0.2) is 0 Å². The van der Waals surface area contributed by atoms with E-state index in [4.69, 9.17) is 4.74 Å². The number of hydrogen-bond acceptors (Lipinski definition) is 5. The highest BCUT2D eigenvalue weighted by molar-refractivity contribution is 7.89. The Morgan fingerprint density at radius 3 is 2.17 bits per heavy atom. The number of aliphatic hydroxyl groups is 1. The summed E-state index contributed by atoms with van der Waals surface area (Å²) >= 11 is 0. The van der Waals surface area contributed by atoms with Crippen LogP contribution in [0.3, 0.4) is 0 Å². The lowest BCUT2D eigenvalue weighted by Crippen LogP contribution is -2.67. The Morgan fingerprint density at radius 1 is 1.10 bits per heavy atom. The molecule has 1 fully saturated rings. The number of ether oxygens (including phenoxy) is 1. The Labute approximate surface area is 174 Å². The number of aryl methyl sites for hydroxylation is 1. The zero-order valence-electron chi connectivity index (χ0n) is 18.0. The van der Waals surface area contributed by atoms with E-state index in [0.717, 1.165) is 24.8 Å². The Balaban J connectivity index is 2.29. The molecular formula is C21H34N2O5S. The van der Waals surface area contributed by atoms with Crippen LogP contribution in [0.4, 0.5) is 4.79 Å². The number of benzene rings is 1. The van der Waals surface area contributed by atoms with Gasteiger partial charge in [0.05, 0.1) is 16.0 Å². The van der Waals surface area contributed by atoms with Gasteiger partial charge < -0.3 is 15.2 Å². The summed E-state index contributed by atoms with van der Waals surface area (Å²) in [6.45, 7) is 8.68. The second-order valence-electron chi connectivity index (χ2n) is 9.20. The molecule has 164 valence electrons. The minimum atomic E-state index is -3.91. The average molecular weight is 427 g/mol. The molecule has 1 aliphatic carbocycles. The third kappa shape index (κ3) is 6.17. The molecule has 1 aromatic carbocycles. The molecule has 0 spiro atoms.